The van der Waals surface area contributed by atoms with Gasteiger partial charge in [-0.3, -0.25) is 9.69 Å². The number of halogens is 1. The highest BCUT2D eigenvalue weighted by Gasteiger charge is 2.35. The molecule has 1 heterocycles. The highest BCUT2D eigenvalue weighted by atomic mass is 35.5. The molecule has 4 aromatic rings. The fourth-order valence-electron chi connectivity index (χ4n) is 3.92. The van der Waals surface area contributed by atoms with Crippen LogP contribution in [0.2, 0.25) is 5.02 Å². The molecule has 0 aliphatic carbocycles. The Bertz CT molecular complexity index is 1750. The van der Waals surface area contributed by atoms with Crippen LogP contribution in [0.5, 0.6) is 5.75 Å². The number of benzene rings is 4. The van der Waals surface area contributed by atoms with Gasteiger partial charge in [-0.25, -0.2) is 4.99 Å². The molecule has 0 unspecified atom stereocenters. The van der Waals surface area contributed by atoms with Gasteiger partial charge in [0.1, 0.15) is 10.6 Å². The lowest BCUT2D eigenvalue weighted by Crippen LogP contribution is -2.28. The average molecular weight is 589 g/mol. The molecule has 1 amide bonds. The van der Waals surface area contributed by atoms with E-state index in [4.69, 9.17) is 20.8 Å². The number of rotatable bonds is 6. The number of hydrogen-bond donors (Lipinski definition) is 0. The Morgan fingerprint density at radius 1 is 0.825 bits per heavy atom. The van der Waals surface area contributed by atoms with Crippen molar-refractivity contribution in [3.8, 4) is 5.75 Å². The molecule has 1 aliphatic rings. The van der Waals surface area contributed by atoms with Gasteiger partial charge in [-0.15, -0.1) is 0 Å². The number of amidine groups is 1. The molecule has 1 saturated heterocycles. The van der Waals surface area contributed by atoms with Crippen LogP contribution in [0.3, 0.4) is 0 Å². The van der Waals surface area contributed by atoms with Crippen molar-refractivity contribution in [1.29, 1.82) is 0 Å². The monoisotopic (exact) mass is 588 g/mol. The van der Waals surface area contributed by atoms with Crippen molar-refractivity contribution < 1.29 is 17.4 Å². The molecule has 0 N–H and O–H groups in total. The molecule has 0 radical (unpaired) electrons. The maximum absolute atomic E-state index is 13.7. The van der Waals surface area contributed by atoms with Crippen LogP contribution in [0.4, 0.5) is 11.4 Å². The summed E-state index contributed by atoms with van der Waals surface area (Å²) in [4.78, 5) is 20.4. The lowest BCUT2D eigenvalue weighted by Gasteiger charge is -2.16. The quantitative estimate of drug-likeness (QED) is 0.169. The molecule has 6 nitrogen and oxygen atoms in total. The normalized spacial score (nSPS) is 15.7. The second-order valence-electron chi connectivity index (χ2n) is 9.35. The Morgan fingerprint density at radius 2 is 1.40 bits per heavy atom. The van der Waals surface area contributed by atoms with Crippen molar-refractivity contribution in [3.63, 3.8) is 0 Å². The van der Waals surface area contributed by atoms with E-state index >= 15 is 0 Å². The van der Waals surface area contributed by atoms with Crippen molar-refractivity contribution in [2.24, 2.45) is 4.99 Å². The second-order valence-corrected chi connectivity index (χ2v) is 12.3. The van der Waals surface area contributed by atoms with Gasteiger partial charge < -0.3 is 4.18 Å². The highest BCUT2D eigenvalue weighted by Crippen LogP contribution is 2.39. The van der Waals surface area contributed by atoms with E-state index < -0.39 is 10.1 Å². The number of hydrogen-bond acceptors (Lipinski definition) is 6. The van der Waals surface area contributed by atoms with E-state index in [2.05, 4.69) is 0 Å². The van der Waals surface area contributed by atoms with E-state index in [1.54, 1.807) is 29.2 Å². The van der Waals surface area contributed by atoms with Gasteiger partial charge in [-0.2, -0.15) is 8.42 Å². The minimum atomic E-state index is -4.12. The van der Waals surface area contributed by atoms with Crippen molar-refractivity contribution >= 4 is 62.0 Å². The van der Waals surface area contributed by atoms with E-state index in [1.165, 1.54) is 36.0 Å². The minimum absolute atomic E-state index is 0.0241. The first-order valence-electron chi connectivity index (χ1n) is 12.4. The van der Waals surface area contributed by atoms with Crippen LogP contribution < -0.4 is 9.08 Å². The zero-order valence-electron chi connectivity index (χ0n) is 22.0. The molecular weight excluding hydrogens is 564 g/mol. The topological polar surface area (TPSA) is 76.0 Å². The number of carbonyl (C=O) groups is 1. The first kappa shape index (κ1) is 27.7. The molecule has 202 valence electrons. The summed E-state index contributed by atoms with van der Waals surface area (Å²) in [7, 11) is -4.12. The third kappa shape index (κ3) is 6.14. The molecule has 0 spiro atoms. The van der Waals surface area contributed by atoms with Crippen molar-refractivity contribution in [2.45, 2.75) is 25.7 Å². The van der Waals surface area contributed by atoms with Crippen LogP contribution in [0, 0.1) is 20.8 Å². The van der Waals surface area contributed by atoms with Gasteiger partial charge in [-0.05, 0) is 93.2 Å². The molecule has 1 fully saturated rings. The molecule has 0 bridgehead atoms. The number of thioether (sulfide) groups is 1. The number of aryl methyl sites for hydroxylation is 3. The van der Waals surface area contributed by atoms with Crippen molar-refractivity contribution in [1.82, 2.24) is 0 Å². The number of aliphatic imine (C=N–C) groups is 1. The molecular formula is C31H25ClN2O4S2. The van der Waals surface area contributed by atoms with Crippen LogP contribution in [0.1, 0.15) is 22.3 Å². The Hall–Kier alpha value is -3.85. The highest BCUT2D eigenvalue weighted by molar-refractivity contribution is 8.19. The molecule has 40 heavy (non-hydrogen) atoms. The van der Waals surface area contributed by atoms with Crippen LogP contribution in [0.15, 0.2) is 106 Å². The van der Waals surface area contributed by atoms with Crippen LogP contribution in [-0.4, -0.2) is 19.5 Å². The summed E-state index contributed by atoms with van der Waals surface area (Å²) < 4.78 is 31.6. The van der Waals surface area contributed by atoms with Gasteiger partial charge in [-0.1, -0.05) is 64.7 Å². The number of nitrogens with zero attached hydrogens (tertiary/aromatic N) is 2. The lowest BCUT2D eigenvalue weighted by atomic mass is 10.1. The zero-order chi connectivity index (χ0) is 28.4. The number of anilines is 1. The molecule has 1 aliphatic heterocycles. The third-order valence-electron chi connectivity index (χ3n) is 6.12. The third-order valence-corrected chi connectivity index (χ3v) is 8.58. The van der Waals surface area contributed by atoms with Gasteiger partial charge in [0, 0.05) is 10.6 Å². The molecule has 0 atom stereocenters. The maximum Gasteiger partial charge on any atom is 0.339 e. The van der Waals surface area contributed by atoms with Crippen molar-refractivity contribution in [3.05, 3.63) is 123 Å². The summed E-state index contributed by atoms with van der Waals surface area (Å²) >= 11 is 7.46. The van der Waals surface area contributed by atoms with E-state index in [1.807, 2.05) is 69.3 Å². The summed E-state index contributed by atoms with van der Waals surface area (Å²) in [5.74, 6) is -0.247. The maximum atomic E-state index is 13.7. The van der Waals surface area contributed by atoms with Gasteiger partial charge >= 0.3 is 10.1 Å². The Kier molecular flexibility index (Phi) is 7.85. The molecule has 5 rings (SSSR count). The largest absolute Gasteiger partial charge is 0.378 e. The molecule has 4 aromatic carbocycles. The van der Waals surface area contributed by atoms with Gasteiger partial charge in [0.25, 0.3) is 5.91 Å². The number of carbonyl (C=O) groups excluding carboxylic acids is 1. The summed E-state index contributed by atoms with van der Waals surface area (Å²) in [6.07, 6.45) is 1.58. The predicted octanol–water partition coefficient (Wildman–Crippen LogP) is 7.84. The Balaban J connectivity index is 1.55. The fourth-order valence-corrected chi connectivity index (χ4v) is 6.05. The summed E-state index contributed by atoms with van der Waals surface area (Å²) in [5.41, 5.74) is 4.81. The smallest absolute Gasteiger partial charge is 0.339 e. The first-order chi connectivity index (χ1) is 19.1. The van der Waals surface area contributed by atoms with E-state index in [-0.39, 0.29) is 16.6 Å². The second kappa shape index (κ2) is 11.3. The summed E-state index contributed by atoms with van der Waals surface area (Å²) in [5, 5.41) is 0.840. The fraction of sp³-hybridized carbons (Fsp3) is 0.0968. The minimum Gasteiger partial charge on any atom is -0.378 e. The molecule has 0 saturated carbocycles. The van der Waals surface area contributed by atoms with Gasteiger partial charge in [0.2, 0.25) is 0 Å². The zero-order valence-corrected chi connectivity index (χ0v) is 24.3. The Labute approximate surface area is 243 Å². The molecule has 9 heteroatoms. The summed E-state index contributed by atoms with van der Waals surface area (Å²) in [6.45, 7) is 5.84. The average Bonchev–Trinajstić information content (AvgIpc) is 3.22. The van der Waals surface area contributed by atoms with Gasteiger partial charge in [0.15, 0.2) is 5.17 Å². The van der Waals surface area contributed by atoms with E-state index in [0.717, 1.165) is 16.7 Å². The van der Waals surface area contributed by atoms with E-state index in [0.29, 0.717) is 32.0 Å². The summed E-state index contributed by atoms with van der Waals surface area (Å²) in [6, 6.07) is 26.2. The van der Waals surface area contributed by atoms with Crippen molar-refractivity contribution in [2.75, 3.05) is 4.90 Å². The van der Waals surface area contributed by atoms with E-state index in [9.17, 15) is 13.2 Å². The predicted molar refractivity (Wildman–Crippen MR) is 163 cm³/mol. The standard InChI is InChI=1S/C31H25ClN2O4S2/c1-20-4-11-25(12-5-20)33-31-34(26-13-6-21(2)7-14-26)30(35)29(39-31)19-23-18-24(32)10-17-28(23)38-40(36,37)27-15-8-22(3)9-16-27/h4-19H,1-3H3/b29-19-,33-31?. The lowest BCUT2D eigenvalue weighted by molar-refractivity contribution is -0.113. The van der Waals surface area contributed by atoms with Gasteiger partial charge in [0.05, 0.1) is 16.3 Å². The number of amides is 1. The van der Waals surface area contributed by atoms with Crippen LogP contribution >= 0.6 is 23.4 Å². The SMILES string of the molecule is Cc1ccc(N=C2S/C(=C\c3cc(Cl)ccc3OS(=O)(=O)c3ccc(C)cc3)C(=O)N2c2ccc(C)cc2)cc1. The Morgan fingerprint density at radius 3 is 2.02 bits per heavy atom. The molecule has 0 aromatic heterocycles. The van der Waals surface area contributed by atoms with Crippen LogP contribution in [-0.2, 0) is 14.9 Å². The van der Waals surface area contributed by atoms with Crippen LogP contribution in [0.25, 0.3) is 6.08 Å². The first-order valence-corrected chi connectivity index (χ1v) is 15.0.